The van der Waals surface area contributed by atoms with Crippen molar-refractivity contribution in [2.24, 2.45) is 0 Å². The second-order valence-electron chi connectivity index (χ2n) is 7.30. The minimum atomic E-state index is -0.439. The number of hydrogen-bond donors (Lipinski definition) is 2. The fourth-order valence-electron chi connectivity index (χ4n) is 3.46. The fraction of sp³-hybridized carbons (Fsp3) is 0.450. The van der Waals surface area contributed by atoms with Crippen molar-refractivity contribution in [1.82, 2.24) is 10.2 Å². The van der Waals surface area contributed by atoms with Crippen LogP contribution in [0.4, 0.5) is 11.4 Å². The number of nitro groups is 1. The van der Waals surface area contributed by atoms with Gasteiger partial charge < -0.3 is 15.4 Å². The molecule has 0 bridgehead atoms. The highest BCUT2D eigenvalue weighted by Crippen LogP contribution is 2.30. The SMILES string of the molecule is O=C(NC1CC1)c1ccc(NC[C@H](c2cccs2)N2CCOCC2)c([N+](=O)[O-])c1. The third-order valence-corrected chi connectivity index (χ3v) is 6.19. The predicted molar refractivity (Wildman–Crippen MR) is 112 cm³/mol. The zero-order valence-electron chi connectivity index (χ0n) is 16.0. The van der Waals surface area contributed by atoms with E-state index in [4.69, 9.17) is 4.74 Å². The summed E-state index contributed by atoms with van der Waals surface area (Å²) in [5.74, 6) is -0.257. The molecule has 2 heterocycles. The lowest BCUT2D eigenvalue weighted by Crippen LogP contribution is -2.41. The first-order valence-corrected chi connectivity index (χ1v) is 10.7. The number of benzene rings is 1. The van der Waals surface area contributed by atoms with Gasteiger partial charge in [-0.05, 0) is 36.4 Å². The number of rotatable bonds is 8. The third-order valence-electron chi connectivity index (χ3n) is 5.21. The van der Waals surface area contributed by atoms with Crippen LogP contribution >= 0.6 is 11.3 Å². The number of thiophene rings is 1. The number of nitrogens with zero attached hydrogens (tertiary/aromatic N) is 2. The van der Waals surface area contributed by atoms with Crippen LogP contribution in [-0.2, 0) is 4.74 Å². The molecule has 2 N–H and O–H groups in total. The Morgan fingerprint density at radius 3 is 2.76 bits per heavy atom. The quantitative estimate of drug-likeness (QED) is 0.507. The van der Waals surface area contributed by atoms with E-state index in [1.807, 2.05) is 11.4 Å². The van der Waals surface area contributed by atoms with E-state index in [1.165, 1.54) is 10.9 Å². The van der Waals surface area contributed by atoms with E-state index >= 15 is 0 Å². The number of carbonyl (C=O) groups excluding carboxylic acids is 1. The molecule has 29 heavy (non-hydrogen) atoms. The summed E-state index contributed by atoms with van der Waals surface area (Å²) in [5, 5.41) is 19.8. The summed E-state index contributed by atoms with van der Waals surface area (Å²) in [5.41, 5.74) is 0.658. The highest BCUT2D eigenvalue weighted by molar-refractivity contribution is 7.10. The van der Waals surface area contributed by atoms with Crippen LogP contribution in [-0.4, -0.2) is 54.6 Å². The third kappa shape index (κ3) is 4.92. The zero-order chi connectivity index (χ0) is 20.2. The van der Waals surface area contributed by atoms with E-state index in [1.54, 1.807) is 23.5 Å². The molecule has 1 aromatic heterocycles. The molecule has 1 aliphatic carbocycles. The lowest BCUT2D eigenvalue weighted by molar-refractivity contribution is -0.384. The topological polar surface area (TPSA) is 96.7 Å². The lowest BCUT2D eigenvalue weighted by atomic mass is 10.1. The van der Waals surface area contributed by atoms with Crippen LogP contribution in [0.15, 0.2) is 35.7 Å². The van der Waals surface area contributed by atoms with Crippen molar-refractivity contribution in [2.75, 3.05) is 38.2 Å². The Kier molecular flexibility index (Phi) is 6.08. The van der Waals surface area contributed by atoms with Gasteiger partial charge in [0.25, 0.3) is 11.6 Å². The molecule has 2 aliphatic rings. The van der Waals surface area contributed by atoms with Gasteiger partial charge in [0.15, 0.2) is 0 Å². The van der Waals surface area contributed by atoms with Gasteiger partial charge in [-0.3, -0.25) is 19.8 Å². The minimum Gasteiger partial charge on any atom is -0.379 e. The number of nitrogens with one attached hydrogen (secondary N) is 2. The maximum Gasteiger partial charge on any atom is 0.293 e. The molecule has 4 rings (SSSR count). The molecule has 2 fully saturated rings. The number of carbonyl (C=O) groups is 1. The van der Waals surface area contributed by atoms with Crippen LogP contribution in [0.25, 0.3) is 0 Å². The standard InChI is InChI=1S/C20H24N4O4S/c25-20(22-15-4-5-15)14-3-6-16(17(12-14)24(26)27)21-13-18(19-2-1-11-29-19)23-7-9-28-10-8-23/h1-3,6,11-12,15,18,21H,4-5,7-10,13H2,(H,22,25)/t18-/m1/s1. The highest BCUT2D eigenvalue weighted by Gasteiger charge is 2.27. The van der Waals surface area contributed by atoms with Crippen LogP contribution in [0.1, 0.15) is 34.1 Å². The molecule has 1 amide bonds. The molecule has 1 saturated carbocycles. The Hall–Kier alpha value is -2.49. The van der Waals surface area contributed by atoms with Crippen molar-refractivity contribution < 1.29 is 14.5 Å². The van der Waals surface area contributed by atoms with E-state index < -0.39 is 4.92 Å². The molecule has 1 saturated heterocycles. The van der Waals surface area contributed by atoms with Crippen LogP contribution in [0, 0.1) is 10.1 Å². The van der Waals surface area contributed by atoms with Crippen LogP contribution in [0.3, 0.4) is 0 Å². The van der Waals surface area contributed by atoms with Crippen molar-refractivity contribution in [3.8, 4) is 0 Å². The van der Waals surface area contributed by atoms with Gasteiger partial charge in [0.2, 0.25) is 0 Å². The molecular weight excluding hydrogens is 392 g/mol. The summed E-state index contributed by atoms with van der Waals surface area (Å²) < 4.78 is 5.46. The Bertz CT molecular complexity index is 863. The molecule has 9 heteroatoms. The van der Waals surface area contributed by atoms with Gasteiger partial charge in [-0.15, -0.1) is 11.3 Å². The zero-order valence-corrected chi connectivity index (χ0v) is 16.8. The first kappa shape index (κ1) is 19.8. The maximum atomic E-state index is 12.2. The first-order valence-electron chi connectivity index (χ1n) is 9.80. The van der Waals surface area contributed by atoms with Gasteiger partial charge in [-0.2, -0.15) is 0 Å². The number of nitro benzene ring substituents is 1. The van der Waals surface area contributed by atoms with E-state index in [0.29, 0.717) is 31.0 Å². The molecule has 0 radical (unpaired) electrons. The number of ether oxygens (including phenoxy) is 1. The summed E-state index contributed by atoms with van der Waals surface area (Å²) in [4.78, 5) is 27.0. The van der Waals surface area contributed by atoms with Gasteiger partial charge >= 0.3 is 0 Å². The summed E-state index contributed by atoms with van der Waals surface area (Å²) in [6.07, 6.45) is 1.94. The second kappa shape index (κ2) is 8.89. The lowest BCUT2D eigenvalue weighted by Gasteiger charge is -2.34. The number of morpholine rings is 1. The number of anilines is 1. The fourth-order valence-corrected chi connectivity index (χ4v) is 4.32. The Labute approximate surface area is 173 Å². The molecule has 1 aromatic carbocycles. The highest BCUT2D eigenvalue weighted by atomic mass is 32.1. The van der Waals surface area contributed by atoms with Gasteiger partial charge in [0.1, 0.15) is 5.69 Å². The summed E-state index contributed by atoms with van der Waals surface area (Å²) in [7, 11) is 0. The van der Waals surface area contributed by atoms with E-state index in [9.17, 15) is 14.9 Å². The average molecular weight is 417 g/mol. The van der Waals surface area contributed by atoms with Crippen LogP contribution < -0.4 is 10.6 Å². The Morgan fingerprint density at radius 1 is 1.31 bits per heavy atom. The second-order valence-corrected chi connectivity index (χ2v) is 8.28. The van der Waals surface area contributed by atoms with Crippen molar-refractivity contribution in [3.05, 3.63) is 56.3 Å². The predicted octanol–water partition coefficient (Wildman–Crippen LogP) is 3.03. The van der Waals surface area contributed by atoms with E-state index in [0.717, 1.165) is 25.9 Å². The first-order chi connectivity index (χ1) is 14.1. The van der Waals surface area contributed by atoms with Gasteiger partial charge in [0, 0.05) is 42.2 Å². The van der Waals surface area contributed by atoms with E-state index in [2.05, 4.69) is 21.6 Å². The minimum absolute atomic E-state index is 0.0830. The number of hydrogen-bond acceptors (Lipinski definition) is 7. The average Bonchev–Trinajstić information content (AvgIpc) is 3.38. The Morgan fingerprint density at radius 2 is 2.10 bits per heavy atom. The Balaban J connectivity index is 1.50. The molecule has 0 unspecified atom stereocenters. The van der Waals surface area contributed by atoms with Gasteiger partial charge in [-0.1, -0.05) is 6.07 Å². The summed E-state index contributed by atoms with van der Waals surface area (Å²) in [6, 6.07) is 9.05. The molecular formula is C20H24N4O4S. The summed E-state index contributed by atoms with van der Waals surface area (Å²) in [6.45, 7) is 3.56. The largest absolute Gasteiger partial charge is 0.379 e. The monoisotopic (exact) mass is 416 g/mol. The van der Waals surface area contributed by atoms with Crippen molar-refractivity contribution in [2.45, 2.75) is 24.9 Å². The van der Waals surface area contributed by atoms with Gasteiger partial charge in [-0.25, -0.2) is 0 Å². The van der Waals surface area contributed by atoms with E-state index in [-0.39, 0.29) is 23.7 Å². The van der Waals surface area contributed by atoms with Crippen molar-refractivity contribution >= 4 is 28.6 Å². The molecule has 0 spiro atoms. The number of amides is 1. The summed E-state index contributed by atoms with van der Waals surface area (Å²) >= 11 is 1.68. The molecule has 1 atom stereocenters. The van der Waals surface area contributed by atoms with Crippen LogP contribution in [0.5, 0.6) is 0 Å². The molecule has 1 aliphatic heterocycles. The molecule has 2 aromatic rings. The van der Waals surface area contributed by atoms with Gasteiger partial charge in [0.05, 0.1) is 24.2 Å². The molecule has 154 valence electrons. The normalized spacial score (nSPS) is 18.2. The van der Waals surface area contributed by atoms with Crippen LogP contribution in [0.2, 0.25) is 0 Å². The maximum absolute atomic E-state index is 12.2. The smallest absolute Gasteiger partial charge is 0.293 e. The van der Waals surface area contributed by atoms with Crippen molar-refractivity contribution in [3.63, 3.8) is 0 Å². The van der Waals surface area contributed by atoms with Crippen molar-refractivity contribution in [1.29, 1.82) is 0 Å². The molecule has 8 nitrogen and oxygen atoms in total.